The first kappa shape index (κ1) is 16.9. The van der Waals surface area contributed by atoms with Gasteiger partial charge in [0.05, 0.1) is 5.56 Å². The molecule has 2 rings (SSSR count). The molecule has 1 aromatic carbocycles. The minimum Gasteiger partial charge on any atom is -0.507 e. The molecule has 3 heteroatoms. The van der Waals surface area contributed by atoms with Crippen LogP contribution in [0.5, 0.6) is 5.75 Å². The van der Waals surface area contributed by atoms with Gasteiger partial charge in [0.25, 0.3) is 5.91 Å². The van der Waals surface area contributed by atoms with Gasteiger partial charge in [0, 0.05) is 18.7 Å². The zero-order chi connectivity index (χ0) is 16.3. The molecular weight excluding hydrogens is 274 g/mol. The highest BCUT2D eigenvalue weighted by atomic mass is 16.3. The maximum Gasteiger partial charge on any atom is 0.257 e. The smallest absolute Gasteiger partial charge is 0.257 e. The molecule has 0 aliphatic heterocycles. The largest absolute Gasteiger partial charge is 0.507 e. The normalized spacial score (nSPS) is 17.3. The van der Waals surface area contributed by atoms with E-state index in [1.807, 2.05) is 26.8 Å². The second-order valence-corrected chi connectivity index (χ2v) is 6.81. The lowest BCUT2D eigenvalue weighted by Crippen LogP contribution is -2.31. The highest BCUT2D eigenvalue weighted by Gasteiger charge is 2.33. The number of phenols is 1. The van der Waals surface area contributed by atoms with E-state index < -0.39 is 0 Å². The fraction of sp³-hybridized carbons (Fsp3) is 0.632. The molecule has 3 nitrogen and oxygen atoms in total. The SMILES string of the molecule is CCN(CC)C(=O)c1cc(C)cc(C2(C)CCCCC2)c1O. The van der Waals surface area contributed by atoms with Crippen molar-refractivity contribution in [2.45, 2.75) is 65.2 Å². The fourth-order valence-electron chi connectivity index (χ4n) is 3.68. The van der Waals surface area contributed by atoms with Gasteiger partial charge in [0.1, 0.15) is 5.75 Å². The van der Waals surface area contributed by atoms with E-state index in [0.717, 1.165) is 24.0 Å². The zero-order valence-electron chi connectivity index (χ0n) is 14.4. The minimum absolute atomic E-state index is 0.00730. The van der Waals surface area contributed by atoms with Gasteiger partial charge in [-0.2, -0.15) is 0 Å². The predicted molar refractivity (Wildman–Crippen MR) is 90.5 cm³/mol. The third kappa shape index (κ3) is 3.13. The Morgan fingerprint density at radius 2 is 1.77 bits per heavy atom. The Hall–Kier alpha value is -1.51. The number of benzene rings is 1. The van der Waals surface area contributed by atoms with Crippen LogP contribution in [0.3, 0.4) is 0 Å². The van der Waals surface area contributed by atoms with Crippen molar-refractivity contribution in [2.75, 3.05) is 13.1 Å². The molecule has 0 aromatic heterocycles. The highest BCUT2D eigenvalue weighted by Crippen LogP contribution is 2.44. The van der Waals surface area contributed by atoms with Crippen LogP contribution >= 0.6 is 0 Å². The van der Waals surface area contributed by atoms with Gasteiger partial charge in [0.2, 0.25) is 0 Å². The minimum atomic E-state index is -0.0631. The Kier molecular flexibility index (Phi) is 5.15. The van der Waals surface area contributed by atoms with Crippen LogP contribution in [0, 0.1) is 6.92 Å². The summed E-state index contributed by atoms with van der Waals surface area (Å²) in [7, 11) is 0. The van der Waals surface area contributed by atoms with E-state index in [4.69, 9.17) is 0 Å². The summed E-state index contributed by atoms with van der Waals surface area (Å²) in [5.74, 6) is 0.138. The molecule has 1 fully saturated rings. The predicted octanol–water partition coefficient (Wildman–Crippen LogP) is 4.40. The summed E-state index contributed by atoms with van der Waals surface area (Å²) in [6.07, 6.45) is 5.84. The Bertz CT molecular complexity index is 541. The van der Waals surface area contributed by atoms with Crippen LogP contribution in [0.1, 0.15) is 74.4 Å². The summed E-state index contributed by atoms with van der Waals surface area (Å²) in [6.45, 7) is 9.50. The van der Waals surface area contributed by atoms with E-state index >= 15 is 0 Å². The molecule has 0 unspecified atom stereocenters. The molecule has 0 atom stereocenters. The van der Waals surface area contributed by atoms with Gasteiger partial charge in [-0.15, -0.1) is 0 Å². The Labute approximate surface area is 134 Å². The highest BCUT2D eigenvalue weighted by molar-refractivity contribution is 5.97. The van der Waals surface area contributed by atoms with E-state index in [2.05, 4.69) is 13.0 Å². The Morgan fingerprint density at radius 3 is 2.32 bits per heavy atom. The number of aromatic hydroxyl groups is 1. The van der Waals surface area contributed by atoms with Crippen molar-refractivity contribution in [1.82, 2.24) is 4.90 Å². The summed E-state index contributed by atoms with van der Waals surface area (Å²) in [6, 6.07) is 3.89. The van der Waals surface area contributed by atoms with Crippen LogP contribution in [-0.4, -0.2) is 29.0 Å². The molecule has 1 aliphatic rings. The number of nitrogens with zero attached hydrogens (tertiary/aromatic N) is 1. The van der Waals surface area contributed by atoms with Crippen molar-refractivity contribution in [3.05, 3.63) is 28.8 Å². The molecule has 0 radical (unpaired) electrons. The molecule has 1 N–H and O–H groups in total. The fourth-order valence-corrected chi connectivity index (χ4v) is 3.68. The first-order chi connectivity index (χ1) is 10.4. The van der Waals surface area contributed by atoms with Crippen molar-refractivity contribution >= 4 is 5.91 Å². The quantitative estimate of drug-likeness (QED) is 0.895. The number of phenolic OH excluding ortho intramolecular Hbond substituents is 1. The summed E-state index contributed by atoms with van der Waals surface area (Å²) >= 11 is 0. The Balaban J connectivity index is 2.47. The molecule has 1 amide bonds. The van der Waals surface area contributed by atoms with Gasteiger partial charge in [0.15, 0.2) is 0 Å². The third-order valence-corrected chi connectivity index (χ3v) is 5.14. The standard InChI is InChI=1S/C19H29NO2/c1-5-20(6-2)18(22)15-12-14(3)13-16(17(15)21)19(4)10-8-7-9-11-19/h12-13,21H,5-11H2,1-4H3. The number of hydrogen-bond donors (Lipinski definition) is 1. The molecule has 122 valence electrons. The molecule has 22 heavy (non-hydrogen) atoms. The maximum atomic E-state index is 12.7. The summed E-state index contributed by atoms with van der Waals surface area (Å²) < 4.78 is 0. The number of carbonyl (C=O) groups excluding carboxylic acids is 1. The van der Waals surface area contributed by atoms with E-state index in [0.29, 0.717) is 18.7 Å². The van der Waals surface area contributed by atoms with Crippen molar-refractivity contribution in [1.29, 1.82) is 0 Å². The number of hydrogen-bond acceptors (Lipinski definition) is 2. The maximum absolute atomic E-state index is 12.7. The van der Waals surface area contributed by atoms with Gasteiger partial charge in [-0.1, -0.05) is 32.3 Å². The molecular formula is C19H29NO2. The molecule has 1 aliphatic carbocycles. The number of aryl methyl sites for hydroxylation is 1. The van der Waals surface area contributed by atoms with Crippen molar-refractivity contribution < 1.29 is 9.90 Å². The van der Waals surface area contributed by atoms with Crippen LogP contribution in [0.15, 0.2) is 12.1 Å². The number of amides is 1. The van der Waals surface area contributed by atoms with Crippen LogP contribution in [-0.2, 0) is 5.41 Å². The van der Waals surface area contributed by atoms with Crippen LogP contribution < -0.4 is 0 Å². The monoisotopic (exact) mass is 303 g/mol. The van der Waals surface area contributed by atoms with Gasteiger partial charge >= 0.3 is 0 Å². The third-order valence-electron chi connectivity index (χ3n) is 5.14. The molecule has 0 bridgehead atoms. The molecule has 0 saturated heterocycles. The van der Waals surface area contributed by atoms with Gasteiger partial charge < -0.3 is 10.0 Å². The lowest BCUT2D eigenvalue weighted by Gasteiger charge is -2.35. The molecule has 0 heterocycles. The summed E-state index contributed by atoms with van der Waals surface area (Å²) in [4.78, 5) is 14.5. The second kappa shape index (κ2) is 6.72. The molecule has 0 spiro atoms. The van der Waals surface area contributed by atoms with E-state index in [1.165, 1.54) is 19.3 Å². The second-order valence-electron chi connectivity index (χ2n) is 6.81. The van der Waals surface area contributed by atoms with Crippen LogP contribution in [0.4, 0.5) is 0 Å². The zero-order valence-corrected chi connectivity index (χ0v) is 14.4. The average Bonchev–Trinajstić information content (AvgIpc) is 2.51. The van der Waals surface area contributed by atoms with Gasteiger partial charge in [-0.3, -0.25) is 4.79 Å². The van der Waals surface area contributed by atoms with E-state index in [1.54, 1.807) is 4.90 Å². The summed E-state index contributed by atoms with van der Waals surface area (Å²) in [5, 5.41) is 10.8. The van der Waals surface area contributed by atoms with Crippen LogP contribution in [0.25, 0.3) is 0 Å². The topological polar surface area (TPSA) is 40.5 Å². The van der Waals surface area contributed by atoms with Gasteiger partial charge in [-0.05, 0) is 50.7 Å². The first-order valence-electron chi connectivity index (χ1n) is 8.56. The van der Waals surface area contributed by atoms with Crippen molar-refractivity contribution in [3.63, 3.8) is 0 Å². The lowest BCUT2D eigenvalue weighted by molar-refractivity contribution is 0.0769. The number of rotatable bonds is 4. The first-order valence-corrected chi connectivity index (χ1v) is 8.56. The van der Waals surface area contributed by atoms with Crippen LogP contribution in [0.2, 0.25) is 0 Å². The van der Waals surface area contributed by atoms with Crippen molar-refractivity contribution in [3.8, 4) is 5.75 Å². The van der Waals surface area contributed by atoms with E-state index in [9.17, 15) is 9.90 Å². The van der Waals surface area contributed by atoms with Crippen molar-refractivity contribution in [2.24, 2.45) is 0 Å². The average molecular weight is 303 g/mol. The Morgan fingerprint density at radius 1 is 1.18 bits per heavy atom. The van der Waals surface area contributed by atoms with E-state index in [-0.39, 0.29) is 17.1 Å². The number of carbonyl (C=O) groups is 1. The molecule has 1 saturated carbocycles. The molecule has 1 aromatic rings. The van der Waals surface area contributed by atoms with Gasteiger partial charge in [-0.25, -0.2) is 0 Å². The lowest BCUT2D eigenvalue weighted by atomic mass is 9.70. The summed E-state index contributed by atoms with van der Waals surface area (Å²) in [5.41, 5.74) is 2.47.